The molecule has 1 aliphatic heterocycles. The zero-order valence-electron chi connectivity index (χ0n) is 9.06. The van der Waals surface area contributed by atoms with E-state index in [1.807, 2.05) is 0 Å². The summed E-state index contributed by atoms with van der Waals surface area (Å²) in [6.45, 7) is 1.16. The van der Waals surface area contributed by atoms with Gasteiger partial charge in [-0.2, -0.15) is 0 Å². The van der Waals surface area contributed by atoms with Crippen LogP contribution in [0, 0.1) is 0 Å². The SMILES string of the molecule is CC(=O)Cn1c(=O)c2c(n(C)c1=O)N=CC2. The summed E-state index contributed by atoms with van der Waals surface area (Å²) < 4.78 is 2.25. The molecular weight excluding hydrogens is 210 g/mol. The average Bonchev–Trinajstić information content (AvgIpc) is 2.70. The topological polar surface area (TPSA) is 73.4 Å². The van der Waals surface area contributed by atoms with E-state index in [-0.39, 0.29) is 12.3 Å². The normalized spacial score (nSPS) is 12.9. The minimum Gasteiger partial charge on any atom is -0.298 e. The highest BCUT2D eigenvalue weighted by Crippen LogP contribution is 2.17. The zero-order chi connectivity index (χ0) is 11.9. The molecule has 0 bridgehead atoms. The highest BCUT2D eigenvalue weighted by molar-refractivity contribution is 5.76. The molecule has 0 amide bonds. The molecule has 0 saturated carbocycles. The lowest BCUT2D eigenvalue weighted by molar-refractivity contribution is -0.117. The molecule has 6 heteroatoms. The number of nitrogens with zero attached hydrogens (tertiary/aromatic N) is 3. The molecule has 6 nitrogen and oxygen atoms in total. The minimum atomic E-state index is -0.502. The van der Waals surface area contributed by atoms with Gasteiger partial charge in [-0.3, -0.25) is 18.7 Å². The molecule has 0 saturated heterocycles. The summed E-state index contributed by atoms with van der Waals surface area (Å²) in [6, 6.07) is 0. The van der Waals surface area contributed by atoms with Crippen molar-refractivity contribution < 1.29 is 4.79 Å². The Morgan fingerprint density at radius 1 is 1.50 bits per heavy atom. The van der Waals surface area contributed by atoms with Crippen molar-refractivity contribution in [2.75, 3.05) is 0 Å². The second-order valence-corrected chi connectivity index (χ2v) is 3.75. The molecule has 84 valence electrons. The van der Waals surface area contributed by atoms with E-state index >= 15 is 0 Å². The monoisotopic (exact) mass is 221 g/mol. The Hall–Kier alpha value is -1.98. The van der Waals surface area contributed by atoms with Crippen LogP contribution in [0.3, 0.4) is 0 Å². The van der Waals surface area contributed by atoms with Gasteiger partial charge >= 0.3 is 5.69 Å². The maximum atomic E-state index is 11.9. The smallest absolute Gasteiger partial charge is 0.298 e. The van der Waals surface area contributed by atoms with Crippen LogP contribution in [-0.2, 0) is 24.8 Å². The summed E-state index contributed by atoms with van der Waals surface area (Å²) in [5.41, 5.74) is -0.438. The molecule has 1 aromatic heterocycles. The fraction of sp³-hybridized carbons (Fsp3) is 0.400. The Kier molecular flexibility index (Phi) is 2.34. The first-order valence-corrected chi connectivity index (χ1v) is 4.87. The van der Waals surface area contributed by atoms with Crippen molar-refractivity contribution in [3.05, 3.63) is 26.4 Å². The van der Waals surface area contributed by atoms with Crippen LogP contribution in [0.25, 0.3) is 0 Å². The molecule has 16 heavy (non-hydrogen) atoms. The first kappa shape index (κ1) is 10.5. The minimum absolute atomic E-state index is 0.182. The number of ketones is 1. The third kappa shape index (κ3) is 1.42. The van der Waals surface area contributed by atoms with Gasteiger partial charge < -0.3 is 0 Å². The predicted octanol–water partition coefficient (Wildman–Crippen LogP) is -0.606. The number of carbonyl (C=O) groups is 1. The van der Waals surface area contributed by atoms with E-state index in [2.05, 4.69) is 4.99 Å². The standard InChI is InChI=1S/C10H11N3O3/c1-6(14)5-13-9(15)7-3-4-11-8(7)12(2)10(13)16/h4H,3,5H2,1-2H3. The number of rotatable bonds is 2. The number of fused-ring (bicyclic) bond motifs is 1. The molecule has 0 aliphatic carbocycles. The summed E-state index contributed by atoms with van der Waals surface area (Å²) >= 11 is 0. The summed E-state index contributed by atoms with van der Waals surface area (Å²) in [5.74, 6) is 0.174. The largest absolute Gasteiger partial charge is 0.332 e. The van der Waals surface area contributed by atoms with Crippen LogP contribution < -0.4 is 11.2 Å². The lowest BCUT2D eigenvalue weighted by atomic mass is 10.2. The van der Waals surface area contributed by atoms with Gasteiger partial charge in [0.2, 0.25) is 0 Å². The molecule has 0 radical (unpaired) electrons. The Labute approximate surface area is 90.9 Å². The fourth-order valence-electron chi connectivity index (χ4n) is 1.75. The van der Waals surface area contributed by atoms with Crippen LogP contribution in [0.5, 0.6) is 0 Å². The molecule has 0 fully saturated rings. The summed E-state index contributed by atoms with van der Waals surface area (Å²) in [5, 5.41) is 0. The molecule has 0 N–H and O–H groups in total. The van der Waals surface area contributed by atoms with Crippen molar-refractivity contribution in [2.24, 2.45) is 12.0 Å². The predicted molar refractivity (Wildman–Crippen MR) is 58.5 cm³/mol. The van der Waals surface area contributed by atoms with Crippen molar-refractivity contribution in [3.8, 4) is 0 Å². The molecular formula is C10H11N3O3. The Balaban J connectivity index is 2.75. The van der Waals surface area contributed by atoms with Crippen LogP contribution in [0.2, 0.25) is 0 Å². The number of hydrogen-bond acceptors (Lipinski definition) is 4. The molecule has 0 atom stereocenters. The summed E-state index contributed by atoms with van der Waals surface area (Å²) in [7, 11) is 1.54. The second kappa shape index (κ2) is 3.55. The van der Waals surface area contributed by atoms with E-state index in [0.717, 1.165) is 4.57 Å². The number of aromatic nitrogens is 2. The van der Waals surface area contributed by atoms with Gasteiger partial charge in [0.15, 0.2) is 0 Å². The van der Waals surface area contributed by atoms with Crippen LogP contribution in [0.4, 0.5) is 5.82 Å². The Morgan fingerprint density at radius 3 is 2.81 bits per heavy atom. The molecule has 0 aromatic carbocycles. The second-order valence-electron chi connectivity index (χ2n) is 3.75. The third-order valence-corrected chi connectivity index (χ3v) is 2.50. The molecule has 0 unspecified atom stereocenters. The Morgan fingerprint density at radius 2 is 2.19 bits per heavy atom. The number of hydrogen-bond donors (Lipinski definition) is 0. The van der Waals surface area contributed by atoms with E-state index in [1.54, 1.807) is 13.3 Å². The van der Waals surface area contributed by atoms with Crippen molar-refractivity contribution in [2.45, 2.75) is 19.9 Å². The van der Waals surface area contributed by atoms with Crippen molar-refractivity contribution >= 4 is 17.8 Å². The molecule has 1 aliphatic rings. The highest BCUT2D eigenvalue weighted by Gasteiger charge is 2.19. The maximum Gasteiger partial charge on any atom is 0.332 e. The number of aliphatic imine (C=N–C) groups is 1. The van der Waals surface area contributed by atoms with Gasteiger partial charge in [-0.1, -0.05) is 0 Å². The zero-order valence-corrected chi connectivity index (χ0v) is 9.06. The van der Waals surface area contributed by atoms with Crippen molar-refractivity contribution in [1.82, 2.24) is 9.13 Å². The van der Waals surface area contributed by atoms with Crippen LogP contribution in [0.1, 0.15) is 12.5 Å². The average molecular weight is 221 g/mol. The van der Waals surface area contributed by atoms with E-state index in [1.165, 1.54) is 11.5 Å². The first-order valence-electron chi connectivity index (χ1n) is 4.87. The fourth-order valence-corrected chi connectivity index (χ4v) is 1.75. The van der Waals surface area contributed by atoms with E-state index < -0.39 is 11.2 Å². The quantitative estimate of drug-likeness (QED) is 0.669. The van der Waals surface area contributed by atoms with Crippen LogP contribution in [0.15, 0.2) is 14.6 Å². The first-order chi connectivity index (χ1) is 7.52. The van der Waals surface area contributed by atoms with Crippen LogP contribution in [-0.4, -0.2) is 21.1 Å². The molecule has 2 heterocycles. The molecule has 0 spiro atoms. The van der Waals surface area contributed by atoms with Gasteiger partial charge in [-0.05, 0) is 6.92 Å². The maximum absolute atomic E-state index is 11.9. The van der Waals surface area contributed by atoms with Gasteiger partial charge in [-0.15, -0.1) is 0 Å². The van der Waals surface area contributed by atoms with Gasteiger partial charge in [0.1, 0.15) is 11.6 Å². The van der Waals surface area contributed by atoms with Crippen LogP contribution >= 0.6 is 0 Å². The van der Waals surface area contributed by atoms with Gasteiger partial charge in [0.05, 0.1) is 12.1 Å². The summed E-state index contributed by atoms with van der Waals surface area (Å²) in [6.07, 6.45) is 2.00. The van der Waals surface area contributed by atoms with Gasteiger partial charge in [-0.25, -0.2) is 9.79 Å². The molecule has 2 rings (SSSR count). The highest BCUT2D eigenvalue weighted by atomic mass is 16.2. The lowest BCUT2D eigenvalue weighted by Gasteiger charge is -2.08. The number of carbonyl (C=O) groups excluding carboxylic acids is 1. The number of Topliss-reactive ketones (excluding diaryl/α,β-unsaturated/α-hetero) is 1. The van der Waals surface area contributed by atoms with Crippen molar-refractivity contribution in [1.29, 1.82) is 0 Å². The summed E-state index contributed by atoms with van der Waals surface area (Å²) in [4.78, 5) is 38.6. The van der Waals surface area contributed by atoms with E-state index in [0.29, 0.717) is 17.8 Å². The van der Waals surface area contributed by atoms with E-state index in [9.17, 15) is 14.4 Å². The van der Waals surface area contributed by atoms with Crippen molar-refractivity contribution in [3.63, 3.8) is 0 Å². The Bertz CT molecular complexity index is 607. The molecule has 1 aromatic rings. The van der Waals surface area contributed by atoms with E-state index in [4.69, 9.17) is 0 Å². The van der Waals surface area contributed by atoms with Gasteiger partial charge in [0.25, 0.3) is 5.56 Å². The third-order valence-electron chi connectivity index (χ3n) is 2.50. The van der Waals surface area contributed by atoms with Gasteiger partial charge in [0, 0.05) is 19.7 Å². The lowest BCUT2D eigenvalue weighted by Crippen LogP contribution is -2.41.